The molecule has 1 aliphatic rings. The fraction of sp³-hybridized carbons (Fsp3) is 0.579. The van der Waals surface area contributed by atoms with Crippen LogP contribution in [0.1, 0.15) is 49.9 Å². The number of carbonyl (C=O) groups is 2. The predicted molar refractivity (Wildman–Crippen MR) is 111 cm³/mol. The summed E-state index contributed by atoms with van der Waals surface area (Å²) < 4.78 is 5.28. The van der Waals surface area contributed by atoms with Crippen LogP contribution in [0.5, 0.6) is 5.75 Å². The lowest BCUT2D eigenvalue weighted by molar-refractivity contribution is -0.127. The Kier molecular flexibility index (Phi) is 9.19. The number of nitrogens with one attached hydrogen (secondary N) is 1. The molecule has 3 N–H and O–H groups in total. The van der Waals surface area contributed by atoms with Gasteiger partial charge in [-0.3, -0.25) is 9.59 Å². The second kappa shape index (κ2) is 10.6. The minimum Gasteiger partial charge on any atom is -0.496 e. The summed E-state index contributed by atoms with van der Waals surface area (Å²) in [7, 11) is 1.49. The van der Waals surface area contributed by atoms with Crippen molar-refractivity contribution < 1.29 is 14.3 Å². The van der Waals surface area contributed by atoms with Gasteiger partial charge in [-0.2, -0.15) is 0 Å². The van der Waals surface area contributed by atoms with Gasteiger partial charge in [0.1, 0.15) is 5.75 Å². The molecule has 0 aromatic heterocycles. The minimum atomic E-state index is -0.192. The third kappa shape index (κ3) is 5.91. The SMILES string of the molecule is CCCC(C)NC(=O)C1CCCN(C(=O)c2cc(Cl)c(N)cc2OC)C1.Cl. The van der Waals surface area contributed by atoms with E-state index in [1.54, 1.807) is 11.0 Å². The molecule has 1 aromatic carbocycles. The van der Waals surface area contributed by atoms with Crippen LogP contribution in [-0.2, 0) is 4.79 Å². The summed E-state index contributed by atoms with van der Waals surface area (Å²) in [5.41, 5.74) is 6.52. The van der Waals surface area contributed by atoms with Gasteiger partial charge in [0.15, 0.2) is 0 Å². The molecule has 1 aliphatic heterocycles. The molecule has 0 spiro atoms. The van der Waals surface area contributed by atoms with Crippen molar-refractivity contribution in [3.05, 3.63) is 22.7 Å². The molecule has 2 rings (SSSR count). The van der Waals surface area contributed by atoms with Crippen LogP contribution in [0, 0.1) is 5.92 Å². The van der Waals surface area contributed by atoms with E-state index in [0.29, 0.717) is 35.1 Å². The number of likely N-dealkylation sites (tertiary alicyclic amines) is 1. The second-order valence-electron chi connectivity index (χ2n) is 6.86. The molecular weight excluding hydrogens is 389 g/mol. The highest BCUT2D eigenvalue weighted by Crippen LogP contribution is 2.30. The summed E-state index contributed by atoms with van der Waals surface area (Å²) in [6.45, 7) is 5.11. The molecule has 0 bridgehead atoms. The van der Waals surface area contributed by atoms with E-state index < -0.39 is 0 Å². The summed E-state index contributed by atoms with van der Waals surface area (Å²) in [6, 6.07) is 3.23. The van der Waals surface area contributed by atoms with E-state index in [1.807, 2.05) is 6.92 Å². The number of rotatable bonds is 6. The van der Waals surface area contributed by atoms with Gasteiger partial charge in [-0.15, -0.1) is 12.4 Å². The molecule has 2 amide bonds. The number of ether oxygens (including phenoxy) is 1. The first-order valence-electron chi connectivity index (χ1n) is 9.10. The monoisotopic (exact) mass is 417 g/mol. The molecule has 1 saturated heterocycles. The molecule has 0 aliphatic carbocycles. The number of carbonyl (C=O) groups excluding carboxylic acids is 2. The topological polar surface area (TPSA) is 84.7 Å². The van der Waals surface area contributed by atoms with Crippen LogP contribution in [0.3, 0.4) is 0 Å². The Bertz CT molecular complexity index is 670. The number of benzene rings is 1. The third-order valence-corrected chi connectivity index (χ3v) is 5.07. The largest absolute Gasteiger partial charge is 0.496 e. The quantitative estimate of drug-likeness (QED) is 0.693. The van der Waals surface area contributed by atoms with Gasteiger partial charge in [0.2, 0.25) is 5.91 Å². The Morgan fingerprint density at radius 3 is 2.78 bits per heavy atom. The maximum Gasteiger partial charge on any atom is 0.257 e. The molecule has 0 radical (unpaired) electrons. The van der Waals surface area contributed by atoms with Crippen LogP contribution >= 0.6 is 24.0 Å². The van der Waals surface area contributed by atoms with E-state index in [2.05, 4.69) is 12.2 Å². The molecular formula is C19H29Cl2N3O3. The van der Waals surface area contributed by atoms with E-state index in [0.717, 1.165) is 25.7 Å². The molecule has 8 heteroatoms. The average Bonchev–Trinajstić information content (AvgIpc) is 2.63. The van der Waals surface area contributed by atoms with Crippen molar-refractivity contribution in [3.63, 3.8) is 0 Å². The molecule has 152 valence electrons. The molecule has 2 unspecified atom stereocenters. The molecule has 2 atom stereocenters. The molecule has 6 nitrogen and oxygen atoms in total. The van der Waals surface area contributed by atoms with Crippen molar-refractivity contribution in [2.24, 2.45) is 5.92 Å². The average molecular weight is 418 g/mol. The van der Waals surface area contributed by atoms with Gasteiger partial charge in [-0.1, -0.05) is 24.9 Å². The van der Waals surface area contributed by atoms with Gasteiger partial charge < -0.3 is 20.7 Å². The van der Waals surface area contributed by atoms with Gasteiger partial charge in [-0.05, 0) is 32.3 Å². The third-order valence-electron chi connectivity index (χ3n) is 4.74. The van der Waals surface area contributed by atoms with Gasteiger partial charge in [-0.25, -0.2) is 0 Å². The predicted octanol–water partition coefficient (Wildman–Crippen LogP) is 3.51. The minimum absolute atomic E-state index is 0. The Labute approximate surface area is 172 Å². The maximum atomic E-state index is 13.0. The zero-order valence-corrected chi connectivity index (χ0v) is 17.7. The number of hydrogen-bond acceptors (Lipinski definition) is 4. The second-order valence-corrected chi connectivity index (χ2v) is 7.27. The van der Waals surface area contributed by atoms with Crippen LogP contribution in [0.2, 0.25) is 5.02 Å². The van der Waals surface area contributed by atoms with Crippen LogP contribution in [0.4, 0.5) is 5.69 Å². The molecule has 1 fully saturated rings. The fourth-order valence-electron chi connectivity index (χ4n) is 3.32. The van der Waals surface area contributed by atoms with Crippen LogP contribution in [0.15, 0.2) is 12.1 Å². The molecule has 1 aromatic rings. The summed E-state index contributed by atoms with van der Waals surface area (Å²) in [5, 5.41) is 3.36. The Morgan fingerprint density at radius 2 is 2.15 bits per heavy atom. The van der Waals surface area contributed by atoms with Crippen LogP contribution in [0.25, 0.3) is 0 Å². The molecule has 0 saturated carbocycles. The standard InChI is InChI=1S/C19H28ClN3O3.ClH/c1-4-6-12(2)22-18(24)13-7-5-8-23(11-13)19(25)14-9-15(20)16(21)10-17(14)26-3;/h9-10,12-13H,4-8,11,21H2,1-3H3,(H,22,24);1H. The van der Waals surface area contributed by atoms with Crippen molar-refractivity contribution in [2.45, 2.75) is 45.6 Å². The number of nitrogen functional groups attached to an aromatic ring is 1. The summed E-state index contributed by atoms with van der Waals surface area (Å²) in [5.74, 6) is 0.0240. The van der Waals surface area contributed by atoms with Crippen molar-refractivity contribution >= 4 is 41.5 Å². The molecule has 1 heterocycles. The number of hydrogen-bond donors (Lipinski definition) is 2. The van der Waals surface area contributed by atoms with Crippen molar-refractivity contribution in [1.29, 1.82) is 0 Å². The van der Waals surface area contributed by atoms with Gasteiger partial charge in [0.25, 0.3) is 5.91 Å². The number of nitrogens with zero attached hydrogens (tertiary/aromatic N) is 1. The lowest BCUT2D eigenvalue weighted by atomic mass is 9.95. The fourth-order valence-corrected chi connectivity index (χ4v) is 3.48. The summed E-state index contributed by atoms with van der Waals surface area (Å²) in [6.07, 6.45) is 3.54. The highest BCUT2D eigenvalue weighted by atomic mass is 35.5. The van der Waals surface area contributed by atoms with Crippen molar-refractivity contribution in [2.75, 3.05) is 25.9 Å². The van der Waals surface area contributed by atoms with E-state index >= 15 is 0 Å². The Morgan fingerprint density at radius 1 is 1.44 bits per heavy atom. The number of amides is 2. The van der Waals surface area contributed by atoms with Crippen molar-refractivity contribution in [3.8, 4) is 5.75 Å². The number of piperidine rings is 1. The Balaban J connectivity index is 0.00000364. The smallest absolute Gasteiger partial charge is 0.257 e. The van der Waals surface area contributed by atoms with E-state index in [-0.39, 0.29) is 36.2 Å². The van der Waals surface area contributed by atoms with E-state index in [9.17, 15) is 9.59 Å². The first kappa shape index (κ1) is 23.4. The number of nitrogens with two attached hydrogens (primary N) is 1. The Hall–Kier alpha value is -1.66. The summed E-state index contributed by atoms with van der Waals surface area (Å²) in [4.78, 5) is 27.1. The first-order valence-corrected chi connectivity index (χ1v) is 9.47. The first-order chi connectivity index (χ1) is 12.4. The van der Waals surface area contributed by atoms with Gasteiger partial charge in [0, 0.05) is 25.2 Å². The van der Waals surface area contributed by atoms with E-state index in [1.165, 1.54) is 13.2 Å². The highest BCUT2D eigenvalue weighted by Gasteiger charge is 2.30. The highest BCUT2D eigenvalue weighted by molar-refractivity contribution is 6.33. The number of methoxy groups -OCH3 is 1. The normalized spacial score (nSPS) is 17.6. The maximum absolute atomic E-state index is 13.0. The lowest BCUT2D eigenvalue weighted by Crippen LogP contribution is -2.47. The lowest BCUT2D eigenvalue weighted by Gasteiger charge is -2.33. The van der Waals surface area contributed by atoms with Gasteiger partial charge >= 0.3 is 0 Å². The number of halogens is 2. The number of anilines is 1. The summed E-state index contributed by atoms with van der Waals surface area (Å²) >= 11 is 6.08. The molecule has 27 heavy (non-hydrogen) atoms. The van der Waals surface area contributed by atoms with Crippen molar-refractivity contribution in [1.82, 2.24) is 10.2 Å². The van der Waals surface area contributed by atoms with E-state index in [4.69, 9.17) is 22.1 Å². The zero-order chi connectivity index (χ0) is 19.3. The van der Waals surface area contributed by atoms with Gasteiger partial charge in [0.05, 0.1) is 29.3 Å². The van der Waals surface area contributed by atoms with Crippen LogP contribution in [-0.4, -0.2) is 43.0 Å². The van der Waals surface area contributed by atoms with Crippen LogP contribution < -0.4 is 15.8 Å². The zero-order valence-electron chi connectivity index (χ0n) is 16.1.